The smallest absolute Gasteiger partial charge is 0.0441 e. The van der Waals surface area contributed by atoms with Crippen LogP contribution in [-0.2, 0) is 12.8 Å². The molecule has 0 saturated carbocycles. The van der Waals surface area contributed by atoms with Crippen LogP contribution in [0.4, 0.5) is 0 Å². The predicted octanol–water partition coefficient (Wildman–Crippen LogP) is 1.65. The molecule has 0 N–H and O–H groups in total. The van der Waals surface area contributed by atoms with Crippen LogP contribution in [0, 0.1) is 6.42 Å². The molecule has 0 aliphatic heterocycles. The summed E-state index contributed by atoms with van der Waals surface area (Å²) in [6.07, 6.45) is 8.30. The minimum absolute atomic E-state index is 0.941. The van der Waals surface area contributed by atoms with Crippen molar-refractivity contribution >= 4 is 0 Å². The number of nitrogens with zero attached hydrogens (tertiary/aromatic N) is 1. The molecule has 1 aromatic heterocycles. The summed E-state index contributed by atoms with van der Waals surface area (Å²) in [7, 11) is 0. The van der Waals surface area contributed by atoms with E-state index < -0.39 is 0 Å². The molecule has 1 heterocycles. The molecule has 0 saturated heterocycles. The third-order valence-electron chi connectivity index (χ3n) is 1.85. The first-order chi connectivity index (χ1) is 4.97. The molecule has 1 nitrogen and oxygen atoms in total. The van der Waals surface area contributed by atoms with E-state index in [4.69, 9.17) is 0 Å². The van der Waals surface area contributed by atoms with Gasteiger partial charge in [-0.2, -0.15) is 0 Å². The molecule has 1 aromatic rings. The summed E-state index contributed by atoms with van der Waals surface area (Å²) in [6, 6.07) is 4.16. The van der Waals surface area contributed by atoms with Gasteiger partial charge in [0.15, 0.2) is 0 Å². The third kappa shape index (κ3) is 0.919. The van der Waals surface area contributed by atoms with Crippen LogP contribution in [0.5, 0.6) is 0 Å². The van der Waals surface area contributed by atoms with Crippen LogP contribution in [0.3, 0.4) is 0 Å². The van der Waals surface area contributed by atoms with Gasteiger partial charge in [0, 0.05) is 11.9 Å². The largest absolute Gasteiger partial charge is 0.261 e. The SMILES string of the molecule is [C]1CCc2cccnc2C1. The van der Waals surface area contributed by atoms with Gasteiger partial charge < -0.3 is 0 Å². The summed E-state index contributed by atoms with van der Waals surface area (Å²) < 4.78 is 0. The van der Waals surface area contributed by atoms with Crippen molar-refractivity contribution in [3.63, 3.8) is 0 Å². The monoisotopic (exact) mass is 131 g/mol. The number of hydrogen-bond acceptors (Lipinski definition) is 1. The highest BCUT2D eigenvalue weighted by molar-refractivity contribution is 5.24. The summed E-state index contributed by atoms with van der Waals surface area (Å²) in [5, 5.41) is 0. The minimum atomic E-state index is 0.941. The Morgan fingerprint density at radius 1 is 1.50 bits per heavy atom. The summed E-state index contributed by atoms with van der Waals surface area (Å²) in [5.41, 5.74) is 2.62. The molecule has 0 fully saturated rings. The highest BCUT2D eigenvalue weighted by atomic mass is 14.7. The van der Waals surface area contributed by atoms with Crippen molar-refractivity contribution in [3.8, 4) is 0 Å². The van der Waals surface area contributed by atoms with E-state index in [-0.39, 0.29) is 0 Å². The average Bonchev–Trinajstić information content (AvgIpc) is 2.05. The van der Waals surface area contributed by atoms with E-state index in [1.54, 1.807) is 0 Å². The van der Waals surface area contributed by atoms with Crippen molar-refractivity contribution < 1.29 is 0 Å². The minimum Gasteiger partial charge on any atom is -0.261 e. The Kier molecular flexibility index (Phi) is 1.42. The quantitative estimate of drug-likeness (QED) is 0.521. The van der Waals surface area contributed by atoms with E-state index in [9.17, 15) is 0 Å². The van der Waals surface area contributed by atoms with E-state index in [0.717, 1.165) is 19.3 Å². The van der Waals surface area contributed by atoms with Crippen LogP contribution >= 0.6 is 0 Å². The van der Waals surface area contributed by atoms with Gasteiger partial charge in [-0.15, -0.1) is 0 Å². The second-order valence-corrected chi connectivity index (χ2v) is 2.54. The molecule has 50 valence electrons. The maximum atomic E-state index is 4.26. The van der Waals surface area contributed by atoms with Gasteiger partial charge in [-0.25, -0.2) is 0 Å². The molecular formula is C9H9N. The van der Waals surface area contributed by atoms with E-state index in [1.807, 2.05) is 12.3 Å². The molecule has 1 aliphatic carbocycles. The van der Waals surface area contributed by atoms with Crippen molar-refractivity contribution in [2.45, 2.75) is 19.3 Å². The van der Waals surface area contributed by atoms with Gasteiger partial charge in [-0.1, -0.05) is 6.07 Å². The molecule has 0 atom stereocenters. The second kappa shape index (κ2) is 2.41. The first-order valence-electron chi connectivity index (χ1n) is 3.60. The molecule has 1 aliphatic rings. The van der Waals surface area contributed by atoms with E-state index in [0.29, 0.717) is 0 Å². The lowest BCUT2D eigenvalue weighted by Gasteiger charge is -2.12. The lowest BCUT2D eigenvalue weighted by atomic mass is 9.96. The molecule has 0 bridgehead atoms. The summed E-state index contributed by atoms with van der Waals surface area (Å²) >= 11 is 0. The summed E-state index contributed by atoms with van der Waals surface area (Å²) in [6.45, 7) is 0. The van der Waals surface area contributed by atoms with Gasteiger partial charge in [0.2, 0.25) is 0 Å². The van der Waals surface area contributed by atoms with Crippen LogP contribution in [-0.4, -0.2) is 4.98 Å². The molecular weight excluding hydrogens is 122 g/mol. The Bertz CT molecular complexity index is 205. The Hall–Kier alpha value is -0.850. The molecule has 0 amide bonds. The molecule has 1 heteroatoms. The number of aromatic nitrogens is 1. The fraction of sp³-hybridized carbons (Fsp3) is 0.333. The zero-order valence-electron chi connectivity index (χ0n) is 5.80. The Morgan fingerprint density at radius 2 is 2.50 bits per heavy atom. The predicted molar refractivity (Wildman–Crippen MR) is 39.5 cm³/mol. The van der Waals surface area contributed by atoms with Gasteiger partial charge in [-0.3, -0.25) is 4.98 Å². The third-order valence-corrected chi connectivity index (χ3v) is 1.85. The maximum absolute atomic E-state index is 4.26. The van der Waals surface area contributed by atoms with Gasteiger partial charge in [0.05, 0.1) is 0 Å². The number of rotatable bonds is 0. The van der Waals surface area contributed by atoms with Crippen LogP contribution in [0.2, 0.25) is 0 Å². The van der Waals surface area contributed by atoms with Crippen LogP contribution in [0.25, 0.3) is 0 Å². The summed E-state index contributed by atoms with van der Waals surface area (Å²) in [5.74, 6) is 0. The topological polar surface area (TPSA) is 12.9 Å². The standard InChI is InChI=1S/C9H9N/c1-2-6-9-8(4-1)5-3-7-10-9/h3,5,7H,1,4,6H2. The number of fused-ring (bicyclic) bond motifs is 1. The Balaban J connectivity index is 2.41. The van der Waals surface area contributed by atoms with Crippen molar-refractivity contribution in [2.75, 3.05) is 0 Å². The Labute approximate surface area is 61.1 Å². The lowest BCUT2D eigenvalue weighted by molar-refractivity contribution is 0.801. The molecule has 2 rings (SSSR count). The van der Waals surface area contributed by atoms with E-state index in [2.05, 4.69) is 17.5 Å². The van der Waals surface area contributed by atoms with Crippen molar-refractivity contribution in [2.24, 2.45) is 0 Å². The van der Waals surface area contributed by atoms with Crippen molar-refractivity contribution in [1.82, 2.24) is 4.98 Å². The Morgan fingerprint density at radius 3 is 3.40 bits per heavy atom. The molecule has 2 radical (unpaired) electrons. The number of pyridine rings is 1. The van der Waals surface area contributed by atoms with Crippen molar-refractivity contribution in [3.05, 3.63) is 36.0 Å². The van der Waals surface area contributed by atoms with Crippen LogP contribution in [0.1, 0.15) is 17.7 Å². The lowest BCUT2D eigenvalue weighted by Crippen LogP contribution is -2.04. The molecule has 0 unspecified atom stereocenters. The van der Waals surface area contributed by atoms with E-state index >= 15 is 0 Å². The van der Waals surface area contributed by atoms with Crippen LogP contribution < -0.4 is 0 Å². The molecule has 10 heavy (non-hydrogen) atoms. The van der Waals surface area contributed by atoms with E-state index in [1.165, 1.54) is 11.3 Å². The second-order valence-electron chi connectivity index (χ2n) is 2.54. The summed E-state index contributed by atoms with van der Waals surface area (Å²) in [4.78, 5) is 4.26. The zero-order valence-corrected chi connectivity index (χ0v) is 5.80. The van der Waals surface area contributed by atoms with Crippen molar-refractivity contribution in [1.29, 1.82) is 0 Å². The molecule has 0 spiro atoms. The highest BCUT2D eigenvalue weighted by Gasteiger charge is 2.08. The normalized spacial score (nSPS) is 16.4. The zero-order chi connectivity index (χ0) is 6.81. The average molecular weight is 131 g/mol. The van der Waals surface area contributed by atoms with Gasteiger partial charge in [-0.05, 0) is 37.3 Å². The first-order valence-corrected chi connectivity index (χ1v) is 3.60. The van der Waals surface area contributed by atoms with Gasteiger partial charge in [0.1, 0.15) is 0 Å². The number of hydrogen-bond donors (Lipinski definition) is 0. The fourth-order valence-corrected chi connectivity index (χ4v) is 1.29. The highest BCUT2D eigenvalue weighted by Crippen LogP contribution is 2.16. The molecule has 0 aromatic carbocycles. The fourth-order valence-electron chi connectivity index (χ4n) is 1.29. The maximum Gasteiger partial charge on any atom is 0.0441 e. The first kappa shape index (κ1) is 5.90. The number of aryl methyl sites for hydroxylation is 1. The van der Waals surface area contributed by atoms with Gasteiger partial charge in [0.25, 0.3) is 0 Å². The van der Waals surface area contributed by atoms with Gasteiger partial charge >= 0.3 is 0 Å². The van der Waals surface area contributed by atoms with Crippen LogP contribution in [0.15, 0.2) is 18.3 Å².